The van der Waals surface area contributed by atoms with Crippen molar-refractivity contribution in [1.82, 2.24) is 4.90 Å². The molecule has 1 aliphatic heterocycles. The minimum Gasteiger partial charge on any atom is -0.497 e. The summed E-state index contributed by atoms with van der Waals surface area (Å²) in [5.41, 5.74) is 3.63. The van der Waals surface area contributed by atoms with Crippen LogP contribution < -0.4 is 4.74 Å². The zero-order chi connectivity index (χ0) is 18.7. The van der Waals surface area contributed by atoms with Gasteiger partial charge in [-0.2, -0.15) is 0 Å². The summed E-state index contributed by atoms with van der Waals surface area (Å²) in [4.78, 5) is 12.8. The van der Waals surface area contributed by atoms with E-state index in [9.17, 15) is 4.79 Å². The molecule has 0 fully saturated rings. The molecule has 1 N–H and O–H groups in total. The summed E-state index contributed by atoms with van der Waals surface area (Å²) in [5, 5.41) is 9.03. The molecule has 1 heterocycles. The summed E-state index contributed by atoms with van der Waals surface area (Å²) in [6.07, 6.45) is 3.38. The van der Waals surface area contributed by atoms with Gasteiger partial charge >= 0.3 is 5.97 Å². The van der Waals surface area contributed by atoms with E-state index >= 15 is 0 Å². The van der Waals surface area contributed by atoms with E-state index in [4.69, 9.17) is 14.6 Å². The second kappa shape index (κ2) is 7.19. The first-order valence-electron chi connectivity index (χ1n) is 8.01. The van der Waals surface area contributed by atoms with Crippen molar-refractivity contribution in [3.8, 4) is 5.75 Å². The van der Waals surface area contributed by atoms with Crippen LogP contribution in [0.25, 0.3) is 11.3 Å². The number of benzene rings is 2. The van der Waals surface area contributed by atoms with E-state index in [1.807, 2.05) is 36.1 Å². The largest absolute Gasteiger partial charge is 0.497 e. The number of nitrogens with zero attached hydrogens (tertiary/aromatic N) is 1. The van der Waals surface area contributed by atoms with Gasteiger partial charge in [0.1, 0.15) is 12.0 Å². The number of aromatic carboxylic acids is 1. The minimum absolute atomic E-state index is 0.234. The molecule has 2 aromatic carbocycles. The highest BCUT2D eigenvalue weighted by molar-refractivity contribution is 5.88. The molecule has 0 saturated heterocycles. The molecule has 0 saturated carbocycles. The van der Waals surface area contributed by atoms with E-state index < -0.39 is 5.97 Å². The van der Waals surface area contributed by atoms with Gasteiger partial charge in [0, 0.05) is 17.5 Å². The zero-order valence-electron chi connectivity index (χ0n) is 14.6. The molecule has 0 radical (unpaired) electrons. The minimum atomic E-state index is -0.957. The molecule has 0 amide bonds. The second-order valence-corrected chi connectivity index (χ2v) is 5.76. The normalized spacial score (nSPS) is 14.8. The topological polar surface area (TPSA) is 59.0 Å². The molecule has 0 aromatic heterocycles. The van der Waals surface area contributed by atoms with Crippen LogP contribution in [-0.4, -0.2) is 23.1 Å². The number of rotatable bonds is 5. The fourth-order valence-electron chi connectivity index (χ4n) is 2.69. The van der Waals surface area contributed by atoms with Crippen molar-refractivity contribution in [3.05, 3.63) is 90.1 Å². The van der Waals surface area contributed by atoms with Gasteiger partial charge in [-0.05, 0) is 42.3 Å². The van der Waals surface area contributed by atoms with Crippen LogP contribution in [-0.2, 0) is 4.74 Å². The monoisotopic (exact) mass is 349 g/mol. The lowest BCUT2D eigenvalue weighted by Crippen LogP contribution is -2.13. The van der Waals surface area contributed by atoms with Gasteiger partial charge in [0.05, 0.1) is 12.7 Å². The Morgan fingerprint density at radius 2 is 1.81 bits per heavy atom. The molecular weight excluding hydrogens is 330 g/mol. The van der Waals surface area contributed by atoms with Gasteiger partial charge in [-0.25, -0.2) is 4.79 Å². The Hall–Kier alpha value is -3.47. The lowest BCUT2D eigenvalue weighted by Gasteiger charge is -2.21. The van der Waals surface area contributed by atoms with E-state index in [2.05, 4.69) is 6.58 Å². The van der Waals surface area contributed by atoms with Crippen LogP contribution in [0.4, 0.5) is 0 Å². The Labute approximate surface area is 152 Å². The van der Waals surface area contributed by atoms with Crippen molar-refractivity contribution in [2.45, 2.75) is 6.92 Å². The quantitative estimate of drug-likeness (QED) is 0.858. The molecule has 0 spiro atoms. The maximum absolute atomic E-state index is 11.0. The third kappa shape index (κ3) is 3.32. The van der Waals surface area contributed by atoms with Crippen LogP contribution >= 0.6 is 0 Å². The lowest BCUT2D eigenvalue weighted by atomic mass is 10.1. The lowest BCUT2D eigenvalue weighted by molar-refractivity contribution is 0.0697. The first-order chi connectivity index (χ1) is 12.5. The van der Waals surface area contributed by atoms with Crippen molar-refractivity contribution >= 4 is 17.2 Å². The highest BCUT2D eigenvalue weighted by atomic mass is 16.5. The highest BCUT2D eigenvalue weighted by Crippen LogP contribution is 2.33. The first-order valence-corrected chi connectivity index (χ1v) is 8.01. The van der Waals surface area contributed by atoms with Crippen LogP contribution in [0.2, 0.25) is 0 Å². The highest BCUT2D eigenvalue weighted by Gasteiger charge is 2.21. The molecule has 0 bridgehead atoms. The Morgan fingerprint density at radius 3 is 2.46 bits per heavy atom. The predicted molar refractivity (Wildman–Crippen MR) is 100 cm³/mol. The van der Waals surface area contributed by atoms with Crippen LogP contribution in [0.5, 0.6) is 5.75 Å². The summed E-state index contributed by atoms with van der Waals surface area (Å²) in [5.74, 6) is 0.453. The summed E-state index contributed by atoms with van der Waals surface area (Å²) in [6.45, 7) is 6.09. The number of carbonyl (C=O) groups is 1. The fourth-order valence-corrected chi connectivity index (χ4v) is 2.69. The number of methoxy groups -OCH3 is 1. The third-order valence-electron chi connectivity index (χ3n) is 4.19. The molecule has 0 aliphatic carbocycles. The van der Waals surface area contributed by atoms with Gasteiger partial charge in [0.15, 0.2) is 0 Å². The predicted octanol–water partition coefficient (Wildman–Crippen LogP) is 4.56. The van der Waals surface area contributed by atoms with Gasteiger partial charge < -0.3 is 14.6 Å². The standard InChI is InChI=1S/C21H19NO4/c1-14(18-5-4-6-19(13-18)25-3)20-22(11-12-26-20)15(2)16-7-9-17(10-8-16)21(23)24/h4-13H,2H2,1,3H3,(H,23,24)/b20-14-. The fraction of sp³-hybridized carbons (Fsp3) is 0.0952. The van der Waals surface area contributed by atoms with Crippen molar-refractivity contribution < 1.29 is 19.4 Å². The van der Waals surface area contributed by atoms with Crippen molar-refractivity contribution in [2.24, 2.45) is 0 Å². The number of carboxylic acid groups (broad SMARTS) is 1. The molecule has 0 atom stereocenters. The molecule has 132 valence electrons. The molecule has 2 aromatic rings. The van der Waals surface area contributed by atoms with Gasteiger partial charge in [-0.3, -0.25) is 4.90 Å². The van der Waals surface area contributed by atoms with Crippen LogP contribution in [0.15, 0.2) is 73.5 Å². The van der Waals surface area contributed by atoms with Crippen LogP contribution in [0.1, 0.15) is 28.4 Å². The molecule has 1 aliphatic rings. The first kappa shape index (κ1) is 17.4. The molecule has 5 heteroatoms. The third-order valence-corrected chi connectivity index (χ3v) is 4.19. The number of carboxylic acids is 1. The number of hydrogen-bond acceptors (Lipinski definition) is 4. The average molecular weight is 349 g/mol. The molecule has 26 heavy (non-hydrogen) atoms. The molecule has 5 nitrogen and oxygen atoms in total. The second-order valence-electron chi connectivity index (χ2n) is 5.76. The number of hydrogen-bond donors (Lipinski definition) is 1. The summed E-state index contributed by atoms with van der Waals surface area (Å²) in [6, 6.07) is 14.3. The smallest absolute Gasteiger partial charge is 0.335 e. The van der Waals surface area contributed by atoms with Crippen molar-refractivity contribution in [1.29, 1.82) is 0 Å². The van der Waals surface area contributed by atoms with Gasteiger partial charge in [0.2, 0.25) is 5.88 Å². The van der Waals surface area contributed by atoms with Crippen LogP contribution in [0, 0.1) is 0 Å². The van der Waals surface area contributed by atoms with Gasteiger partial charge in [-0.1, -0.05) is 30.8 Å². The van der Waals surface area contributed by atoms with Crippen LogP contribution in [0.3, 0.4) is 0 Å². The Bertz CT molecular complexity index is 910. The number of ether oxygens (including phenoxy) is 2. The zero-order valence-corrected chi connectivity index (χ0v) is 14.6. The maximum atomic E-state index is 11.0. The Balaban J connectivity index is 1.92. The van der Waals surface area contributed by atoms with Crippen molar-refractivity contribution in [2.75, 3.05) is 7.11 Å². The van der Waals surface area contributed by atoms with E-state index in [0.29, 0.717) is 11.6 Å². The van der Waals surface area contributed by atoms with E-state index in [-0.39, 0.29) is 5.56 Å². The van der Waals surface area contributed by atoms with E-state index in [1.54, 1.807) is 43.8 Å². The summed E-state index contributed by atoms with van der Waals surface area (Å²) >= 11 is 0. The SMILES string of the molecule is C=C(c1ccc(C(=O)O)cc1)N1C=CO/C1=C(/C)c1cccc(OC)c1. The van der Waals surface area contributed by atoms with Gasteiger partial charge in [0.25, 0.3) is 0 Å². The van der Waals surface area contributed by atoms with E-state index in [1.165, 1.54) is 0 Å². The molecular formula is C21H19NO4. The Morgan fingerprint density at radius 1 is 1.12 bits per heavy atom. The maximum Gasteiger partial charge on any atom is 0.335 e. The van der Waals surface area contributed by atoms with E-state index in [0.717, 1.165) is 22.4 Å². The van der Waals surface area contributed by atoms with Gasteiger partial charge in [-0.15, -0.1) is 0 Å². The summed E-state index contributed by atoms with van der Waals surface area (Å²) in [7, 11) is 1.63. The molecule has 0 unspecified atom stereocenters. The average Bonchev–Trinajstić information content (AvgIpc) is 3.16. The Kier molecular flexibility index (Phi) is 4.80. The molecule has 3 rings (SSSR count). The number of allylic oxidation sites excluding steroid dienone is 1. The summed E-state index contributed by atoms with van der Waals surface area (Å²) < 4.78 is 11.0. The van der Waals surface area contributed by atoms with Crippen molar-refractivity contribution in [3.63, 3.8) is 0 Å².